The van der Waals surface area contributed by atoms with Gasteiger partial charge in [-0.25, -0.2) is 0 Å². The summed E-state index contributed by atoms with van der Waals surface area (Å²) in [6.45, 7) is 10.2. The summed E-state index contributed by atoms with van der Waals surface area (Å²) in [6, 6.07) is 2.26. The number of ether oxygens (including phenoxy) is 1. The number of aryl methyl sites for hydroxylation is 1. The van der Waals surface area contributed by atoms with Gasteiger partial charge in [0.1, 0.15) is 0 Å². The van der Waals surface area contributed by atoms with Crippen LogP contribution in [0.3, 0.4) is 0 Å². The summed E-state index contributed by atoms with van der Waals surface area (Å²) < 4.78 is 8.14. The molecule has 1 aromatic heterocycles. The maximum Gasteiger partial charge on any atom is 0.0886 e. The predicted molar refractivity (Wildman–Crippen MR) is 74.6 cm³/mol. The van der Waals surface area contributed by atoms with E-state index in [0.717, 1.165) is 26.0 Å². The number of rotatable bonds is 8. The summed E-state index contributed by atoms with van der Waals surface area (Å²) in [5.74, 6) is 0. The molecule has 0 aliphatic heterocycles. The first-order valence-corrected chi connectivity index (χ1v) is 7.01. The lowest BCUT2D eigenvalue weighted by molar-refractivity contribution is -0.0735. The second-order valence-corrected chi connectivity index (χ2v) is 4.50. The van der Waals surface area contributed by atoms with Gasteiger partial charge in [0.15, 0.2) is 0 Å². The van der Waals surface area contributed by atoms with Gasteiger partial charge in [-0.3, -0.25) is 4.68 Å². The average Bonchev–Trinajstić information content (AvgIpc) is 2.86. The lowest BCUT2D eigenvalue weighted by Crippen LogP contribution is -2.45. The molecule has 1 unspecified atom stereocenters. The summed E-state index contributed by atoms with van der Waals surface area (Å²) in [4.78, 5) is 0. The highest BCUT2D eigenvalue weighted by Gasteiger charge is 2.38. The Labute approximate surface area is 111 Å². The second kappa shape index (κ2) is 6.90. The van der Waals surface area contributed by atoms with Crippen LogP contribution in [0.25, 0.3) is 0 Å². The summed E-state index contributed by atoms with van der Waals surface area (Å²) in [5, 5.41) is 7.79. The maximum atomic E-state index is 6.10. The summed E-state index contributed by atoms with van der Waals surface area (Å²) in [7, 11) is 2.00. The molecule has 0 fully saturated rings. The van der Waals surface area contributed by atoms with Gasteiger partial charge in [0.05, 0.1) is 17.3 Å². The van der Waals surface area contributed by atoms with Crippen molar-refractivity contribution in [1.29, 1.82) is 0 Å². The predicted octanol–water partition coefficient (Wildman–Crippen LogP) is 2.76. The Morgan fingerprint density at radius 3 is 2.44 bits per heavy atom. The smallest absolute Gasteiger partial charge is 0.0886 e. The molecule has 104 valence electrons. The topological polar surface area (TPSA) is 39.1 Å². The van der Waals surface area contributed by atoms with Gasteiger partial charge in [-0.15, -0.1) is 0 Å². The van der Waals surface area contributed by atoms with E-state index < -0.39 is 0 Å². The Morgan fingerprint density at radius 2 is 2.00 bits per heavy atom. The number of nitrogens with one attached hydrogen (secondary N) is 1. The largest absolute Gasteiger partial charge is 0.373 e. The molecule has 0 bridgehead atoms. The Kier molecular flexibility index (Phi) is 5.82. The van der Waals surface area contributed by atoms with E-state index in [1.54, 1.807) is 0 Å². The van der Waals surface area contributed by atoms with Crippen molar-refractivity contribution in [3.05, 3.63) is 18.0 Å². The van der Waals surface area contributed by atoms with Crippen LogP contribution in [0.5, 0.6) is 0 Å². The molecule has 4 heteroatoms. The molecule has 0 saturated carbocycles. The molecular formula is C14H27N3O. The zero-order chi connectivity index (χ0) is 13.6. The molecule has 1 atom stereocenters. The normalized spacial score (nSPS) is 13.8. The van der Waals surface area contributed by atoms with Crippen LogP contribution in [0.4, 0.5) is 0 Å². The van der Waals surface area contributed by atoms with E-state index in [2.05, 4.69) is 44.2 Å². The van der Waals surface area contributed by atoms with Crippen LogP contribution in [0, 0.1) is 0 Å². The lowest BCUT2D eigenvalue weighted by atomic mass is 9.86. The molecule has 1 rings (SSSR count). The van der Waals surface area contributed by atoms with E-state index in [9.17, 15) is 0 Å². The summed E-state index contributed by atoms with van der Waals surface area (Å²) in [5.41, 5.74) is 1.05. The molecule has 0 saturated heterocycles. The molecule has 0 spiro atoms. The highest BCUT2D eigenvalue weighted by atomic mass is 16.5. The molecule has 4 nitrogen and oxygen atoms in total. The van der Waals surface area contributed by atoms with E-state index in [0.29, 0.717) is 0 Å². The first-order chi connectivity index (χ1) is 8.68. The molecule has 1 aromatic rings. The van der Waals surface area contributed by atoms with Gasteiger partial charge in [-0.2, -0.15) is 5.10 Å². The number of hydrogen-bond donors (Lipinski definition) is 1. The highest BCUT2D eigenvalue weighted by Crippen LogP contribution is 2.35. The van der Waals surface area contributed by atoms with Crippen LogP contribution >= 0.6 is 0 Å². The number of hydrogen-bond acceptors (Lipinski definition) is 3. The van der Waals surface area contributed by atoms with E-state index in [1.807, 2.05) is 17.9 Å². The van der Waals surface area contributed by atoms with Crippen molar-refractivity contribution in [2.24, 2.45) is 0 Å². The zero-order valence-electron chi connectivity index (χ0n) is 12.4. The van der Waals surface area contributed by atoms with Crippen LogP contribution in [-0.2, 0) is 11.3 Å². The van der Waals surface area contributed by atoms with Crippen molar-refractivity contribution < 1.29 is 4.74 Å². The summed E-state index contributed by atoms with van der Waals surface area (Å²) in [6.07, 6.45) is 3.83. The van der Waals surface area contributed by atoms with Crippen molar-refractivity contribution in [3.63, 3.8) is 0 Å². The molecule has 18 heavy (non-hydrogen) atoms. The van der Waals surface area contributed by atoms with E-state index >= 15 is 0 Å². The molecule has 0 amide bonds. The molecule has 0 aliphatic carbocycles. The van der Waals surface area contributed by atoms with E-state index in [1.165, 1.54) is 5.69 Å². The van der Waals surface area contributed by atoms with Crippen molar-refractivity contribution in [2.75, 3.05) is 13.7 Å². The molecular weight excluding hydrogens is 226 g/mol. The van der Waals surface area contributed by atoms with Crippen molar-refractivity contribution >= 4 is 0 Å². The van der Waals surface area contributed by atoms with Crippen molar-refractivity contribution in [3.8, 4) is 0 Å². The monoisotopic (exact) mass is 253 g/mol. The number of aromatic nitrogens is 2. The molecule has 0 aromatic carbocycles. The molecule has 0 radical (unpaired) electrons. The number of nitrogens with zero attached hydrogens (tertiary/aromatic N) is 2. The number of likely N-dealkylation sites (N-methyl/N-ethyl adjacent to an activating group) is 1. The van der Waals surface area contributed by atoms with Gasteiger partial charge in [0.25, 0.3) is 0 Å². The Bertz CT molecular complexity index is 345. The fourth-order valence-electron chi connectivity index (χ4n) is 2.77. The third kappa shape index (κ3) is 2.75. The van der Waals surface area contributed by atoms with E-state index in [-0.39, 0.29) is 11.6 Å². The standard InChI is InChI=1S/C14H27N3O/c1-6-14(7-2,18-9-4)13(15-5)12-10-11-16-17(12)8-3/h10-11,13,15H,6-9H2,1-5H3. The Morgan fingerprint density at radius 1 is 1.33 bits per heavy atom. The van der Waals surface area contributed by atoms with Gasteiger partial charge in [-0.05, 0) is 39.8 Å². The SMILES string of the molecule is CCOC(CC)(CC)C(NC)c1ccnn1CC. The van der Waals surface area contributed by atoms with Crippen LogP contribution < -0.4 is 5.32 Å². The third-order valence-electron chi connectivity index (χ3n) is 3.79. The Hall–Kier alpha value is -0.870. The van der Waals surface area contributed by atoms with Gasteiger partial charge >= 0.3 is 0 Å². The summed E-state index contributed by atoms with van der Waals surface area (Å²) >= 11 is 0. The minimum atomic E-state index is -0.156. The van der Waals surface area contributed by atoms with Crippen LogP contribution in [0.15, 0.2) is 12.3 Å². The van der Waals surface area contributed by atoms with Gasteiger partial charge < -0.3 is 10.1 Å². The van der Waals surface area contributed by atoms with Gasteiger partial charge in [-0.1, -0.05) is 13.8 Å². The highest BCUT2D eigenvalue weighted by molar-refractivity contribution is 5.13. The fourth-order valence-corrected chi connectivity index (χ4v) is 2.77. The fraction of sp³-hybridized carbons (Fsp3) is 0.786. The molecule has 1 heterocycles. The van der Waals surface area contributed by atoms with Gasteiger partial charge in [0, 0.05) is 19.3 Å². The lowest BCUT2D eigenvalue weighted by Gasteiger charge is -2.39. The third-order valence-corrected chi connectivity index (χ3v) is 3.79. The Balaban J connectivity index is 3.13. The average molecular weight is 253 g/mol. The van der Waals surface area contributed by atoms with Crippen LogP contribution in [0.1, 0.15) is 52.3 Å². The zero-order valence-corrected chi connectivity index (χ0v) is 12.4. The quantitative estimate of drug-likeness (QED) is 0.774. The maximum absolute atomic E-state index is 6.10. The minimum Gasteiger partial charge on any atom is -0.373 e. The van der Waals surface area contributed by atoms with Gasteiger partial charge in [0.2, 0.25) is 0 Å². The first-order valence-electron chi connectivity index (χ1n) is 7.01. The van der Waals surface area contributed by atoms with Crippen LogP contribution in [0.2, 0.25) is 0 Å². The molecule has 1 N–H and O–H groups in total. The van der Waals surface area contributed by atoms with Crippen LogP contribution in [-0.4, -0.2) is 29.0 Å². The second-order valence-electron chi connectivity index (χ2n) is 4.50. The minimum absolute atomic E-state index is 0.156. The van der Waals surface area contributed by atoms with Crippen molar-refractivity contribution in [2.45, 2.75) is 58.7 Å². The first kappa shape index (κ1) is 15.2. The molecule has 0 aliphatic rings. The van der Waals surface area contributed by atoms with Crippen molar-refractivity contribution in [1.82, 2.24) is 15.1 Å². The van der Waals surface area contributed by atoms with E-state index in [4.69, 9.17) is 4.74 Å².